The van der Waals surface area contributed by atoms with Crippen LogP contribution in [0.1, 0.15) is 32.1 Å². The van der Waals surface area contributed by atoms with Crippen LogP contribution in [0.5, 0.6) is 0 Å². The molecule has 1 saturated carbocycles. The number of hydrogen-bond donors (Lipinski definition) is 3. The lowest BCUT2D eigenvalue weighted by Gasteiger charge is -2.30. The van der Waals surface area contributed by atoms with Crippen LogP contribution < -0.4 is 16.4 Å². The lowest BCUT2D eigenvalue weighted by atomic mass is 9.82. The van der Waals surface area contributed by atoms with Crippen molar-refractivity contribution >= 4 is 29.8 Å². The largest absolute Gasteiger partial charge is 0.454 e. The molecule has 126 valence electrons. The molecule has 2 fully saturated rings. The van der Waals surface area contributed by atoms with E-state index in [9.17, 15) is 24.0 Å². The second kappa shape index (κ2) is 6.63. The van der Waals surface area contributed by atoms with Gasteiger partial charge in [-0.25, -0.2) is 9.59 Å². The first kappa shape index (κ1) is 16.7. The molecule has 4 N–H and O–H groups in total. The number of rotatable bonds is 4. The first-order valence-electron chi connectivity index (χ1n) is 7.23. The molecule has 1 aliphatic heterocycles. The number of nitrogens with one attached hydrogen (secondary N) is 2. The van der Waals surface area contributed by atoms with Gasteiger partial charge < -0.3 is 15.8 Å². The molecular formula is C13H18N4O6. The Labute approximate surface area is 131 Å². The third-order valence-corrected chi connectivity index (χ3v) is 3.87. The van der Waals surface area contributed by atoms with E-state index in [2.05, 4.69) is 10.1 Å². The first-order chi connectivity index (χ1) is 10.8. The molecule has 1 saturated heterocycles. The predicted octanol–water partition coefficient (Wildman–Crippen LogP) is -1.02. The van der Waals surface area contributed by atoms with Crippen LogP contribution in [0.15, 0.2) is 0 Å². The van der Waals surface area contributed by atoms with Crippen molar-refractivity contribution in [3.05, 3.63) is 0 Å². The van der Waals surface area contributed by atoms with E-state index >= 15 is 0 Å². The normalized spacial score (nSPS) is 19.4. The van der Waals surface area contributed by atoms with Crippen molar-refractivity contribution in [3.8, 4) is 0 Å². The van der Waals surface area contributed by atoms with Gasteiger partial charge >= 0.3 is 18.0 Å². The SMILES string of the molecule is NC(=O)NC(=O)COC(=O)CN1C(=O)NC2(CCCCC2)C1=O. The maximum atomic E-state index is 12.4. The molecule has 1 heterocycles. The van der Waals surface area contributed by atoms with Gasteiger partial charge in [-0.05, 0) is 12.8 Å². The molecule has 0 aromatic carbocycles. The van der Waals surface area contributed by atoms with Gasteiger partial charge in [-0.15, -0.1) is 0 Å². The minimum absolute atomic E-state index is 0.444. The summed E-state index contributed by atoms with van der Waals surface area (Å²) in [5.74, 6) is -2.27. The number of ether oxygens (including phenoxy) is 1. The van der Waals surface area contributed by atoms with E-state index in [1.165, 1.54) is 0 Å². The van der Waals surface area contributed by atoms with Gasteiger partial charge in [-0.1, -0.05) is 19.3 Å². The second-order valence-electron chi connectivity index (χ2n) is 5.54. The Balaban J connectivity index is 1.88. The summed E-state index contributed by atoms with van der Waals surface area (Å²) in [7, 11) is 0. The quantitative estimate of drug-likeness (QED) is 0.445. The Morgan fingerprint density at radius 3 is 2.48 bits per heavy atom. The van der Waals surface area contributed by atoms with Crippen molar-refractivity contribution in [2.75, 3.05) is 13.2 Å². The van der Waals surface area contributed by atoms with Gasteiger partial charge in [-0.2, -0.15) is 0 Å². The van der Waals surface area contributed by atoms with Gasteiger partial charge in [0.2, 0.25) is 0 Å². The van der Waals surface area contributed by atoms with E-state index in [0.29, 0.717) is 12.8 Å². The summed E-state index contributed by atoms with van der Waals surface area (Å²) in [6.07, 6.45) is 3.76. The average Bonchev–Trinajstić information content (AvgIpc) is 2.70. The molecule has 6 amide bonds. The lowest BCUT2D eigenvalue weighted by Crippen LogP contribution is -2.48. The van der Waals surface area contributed by atoms with Crippen LogP contribution in [0.25, 0.3) is 0 Å². The van der Waals surface area contributed by atoms with Crippen molar-refractivity contribution in [2.45, 2.75) is 37.6 Å². The second-order valence-corrected chi connectivity index (χ2v) is 5.54. The van der Waals surface area contributed by atoms with E-state index in [-0.39, 0.29) is 0 Å². The molecule has 23 heavy (non-hydrogen) atoms. The van der Waals surface area contributed by atoms with Crippen LogP contribution in [0.2, 0.25) is 0 Å². The minimum atomic E-state index is -1.07. The summed E-state index contributed by atoms with van der Waals surface area (Å²) in [5, 5.41) is 4.37. The molecule has 0 bridgehead atoms. The van der Waals surface area contributed by atoms with Crippen molar-refractivity contribution in [2.24, 2.45) is 5.73 Å². The fraction of sp³-hybridized carbons (Fsp3) is 0.615. The maximum absolute atomic E-state index is 12.4. The van der Waals surface area contributed by atoms with Crippen molar-refractivity contribution in [1.82, 2.24) is 15.5 Å². The number of amides is 6. The Morgan fingerprint density at radius 1 is 1.22 bits per heavy atom. The van der Waals surface area contributed by atoms with E-state index < -0.39 is 48.5 Å². The Hall–Kier alpha value is -2.65. The van der Waals surface area contributed by atoms with Crippen LogP contribution in [0.4, 0.5) is 9.59 Å². The molecule has 10 heteroatoms. The van der Waals surface area contributed by atoms with Gasteiger partial charge in [0.25, 0.3) is 11.8 Å². The highest BCUT2D eigenvalue weighted by atomic mass is 16.5. The van der Waals surface area contributed by atoms with Gasteiger partial charge in [0.1, 0.15) is 12.1 Å². The van der Waals surface area contributed by atoms with Gasteiger partial charge in [0.05, 0.1) is 0 Å². The van der Waals surface area contributed by atoms with Crippen LogP contribution in [-0.2, 0) is 19.1 Å². The van der Waals surface area contributed by atoms with E-state index in [1.54, 1.807) is 5.32 Å². The molecule has 1 spiro atoms. The maximum Gasteiger partial charge on any atom is 0.326 e. The lowest BCUT2D eigenvalue weighted by molar-refractivity contribution is -0.151. The Bertz CT molecular complexity index is 555. The number of carbonyl (C=O) groups is 5. The highest BCUT2D eigenvalue weighted by Gasteiger charge is 2.51. The molecule has 0 radical (unpaired) electrons. The zero-order valence-electron chi connectivity index (χ0n) is 12.4. The average molecular weight is 326 g/mol. The van der Waals surface area contributed by atoms with Crippen LogP contribution in [0, 0.1) is 0 Å². The summed E-state index contributed by atoms with van der Waals surface area (Å²) in [5.41, 5.74) is 3.81. The van der Waals surface area contributed by atoms with Gasteiger partial charge in [0.15, 0.2) is 6.61 Å². The van der Waals surface area contributed by atoms with E-state index in [0.717, 1.165) is 24.2 Å². The standard InChI is InChI=1S/C13H18N4O6/c14-11(21)15-8(18)7-23-9(19)6-17-10(20)13(16-12(17)22)4-2-1-3-5-13/h1-7H2,(H,16,22)(H3,14,15,18,21). The number of esters is 1. The van der Waals surface area contributed by atoms with E-state index in [4.69, 9.17) is 5.73 Å². The highest BCUT2D eigenvalue weighted by Crippen LogP contribution is 2.33. The highest BCUT2D eigenvalue weighted by molar-refractivity contribution is 6.08. The number of hydrogen-bond acceptors (Lipinski definition) is 6. The number of carbonyl (C=O) groups excluding carboxylic acids is 5. The number of primary amides is 1. The third-order valence-electron chi connectivity index (χ3n) is 3.87. The molecular weight excluding hydrogens is 308 g/mol. The molecule has 2 aliphatic rings. The number of nitrogens with zero attached hydrogens (tertiary/aromatic N) is 1. The van der Waals surface area contributed by atoms with Crippen LogP contribution in [-0.4, -0.2) is 53.4 Å². The Kier molecular flexibility index (Phi) is 4.82. The zero-order valence-corrected chi connectivity index (χ0v) is 12.4. The fourth-order valence-corrected chi connectivity index (χ4v) is 2.81. The third kappa shape index (κ3) is 3.76. The molecule has 2 rings (SSSR count). The van der Waals surface area contributed by atoms with Crippen LogP contribution in [0.3, 0.4) is 0 Å². The molecule has 0 atom stereocenters. The van der Waals surface area contributed by atoms with E-state index in [1.807, 2.05) is 0 Å². The summed E-state index contributed by atoms with van der Waals surface area (Å²) in [6.45, 7) is -1.31. The summed E-state index contributed by atoms with van der Waals surface area (Å²) in [6, 6.07) is -1.71. The molecule has 0 aromatic rings. The minimum Gasteiger partial charge on any atom is -0.454 e. The van der Waals surface area contributed by atoms with Gasteiger partial charge in [0, 0.05) is 0 Å². The van der Waals surface area contributed by atoms with Crippen LogP contribution >= 0.6 is 0 Å². The summed E-state index contributed by atoms with van der Waals surface area (Å²) < 4.78 is 4.61. The number of imide groups is 2. The molecule has 0 aromatic heterocycles. The first-order valence-corrected chi connectivity index (χ1v) is 7.23. The summed E-state index contributed by atoms with van der Waals surface area (Å²) in [4.78, 5) is 58.3. The number of nitrogens with two attached hydrogens (primary N) is 1. The predicted molar refractivity (Wildman–Crippen MR) is 74.7 cm³/mol. The molecule has 1 aliphatic carbocycles. The zero-order chi connectivity index (χ0) is 17.0. The van der Waals surface area contributed by atoms with Crippen molar-refractivity contribution < 1.29 is 28.7 Å². The Morgan fingerprint density at radius 2 is 1.87 bits per heavy atom. The van der Waals surface area contributed by atoms with Gasteiger partial charge in [-0.3, -0.25) is 24.6 Å². The smallest absolute Gasteiger partial charge is 0.326 e. The molecule has 10 nitrogen and oxygen atoms in total. The molecule has 0 unspecified atom stereocenters. The van der Waals surface area contributed by atoms with Crippen molar-refractivity contribution in [1.29, 1.82) is 0 Å². The monoisotopic (exact) mass is 326 g/mol. The fourth-order valence-electron chi connectivity index (χ4n) is 2.81. The van der Waals surface area contributed by atoms with Crippen molar-refractivity contribution in [3.63, 3.8) is 0 Å². The number of urea groups is 2. The summed E-state index contributed by atoms with van der Waals surface area (Å²) >= 11 is 0. The topological polar surface area (TPSA) is 148 Å².